The Hall–Kier alpha value is -1.32. The highest BCUT2D eigenvalue weighted by molar-refractivity contribution is 5.49. The summed E-state index contributed by atoms with van der Waals surface area (Å²) in [5.41, 5.74) is 1.08. The third kappa shape index (κ3) is 2.37. The van der Waals surface area contributed by atoms with Crippen molar-refractivity contribution < 1.29 is 4.39 Å². The number of hydrogen-bond acceptors (Lipinski definition) is 3. The highest BCUT2D eigenvalue weighted by atomic mass is 19.1. The molecule has 0 spiro atoms. The van der Waals surface area contributed by atoms with Gasteiger partial charge in [-0.1, -0.05) is 0 Å². The molecule has 1 aliphatic heterocycles. The second kappa shape index (κ2) is 4.47. The lowest BCUT2D eigenvalue weighted by atomic mass is 10.1. The quantitative estimate of drug-likeness (QED) is 0.808. The molecule has 0 unspecified atom stereocenters. The lowest BCUT2D eigenvalue weighted by Gasteiger charge is -2.30. The molecule has 2 heterocycles. The Morgan fingerprint density at radius 3 is 2.67 bits per heavy atom. The largest absolute Gasteiger partial charge is 0.373 e. The maximum absolute atomic E-state index is 12.9. The Kier molecular flexibility index (Phi) is 3.04. The monoisotopic (exact) mass is 209 g/mol. The fourth-order valence-electron chi connectivity index (χ4n) is 1.83. The van der Waals surface area contributed by atoms with Crippen LogP contribution in [0.3, 0.4) is 0 Å². The van der Waals surface area contributed by atoms with Crippen LogP contribution in [0.1, 0.15) is 12.8 Å². The minimum Gasteiger partial charge on any atom is -0.373 e. The molecule has 0 amide bonds. The summed E-state index contributed by atoms with van der Waals surface area (Å²) in [6, 6.07) is 3.97. The van der Waals surface area contributed by atoms with E-state index in [1.54, 1.807) is 0 Å². The zero-order valence-corrected chi connectivity index (χ0v) is 8.91. The number of pyridine rings is 1. The van der Waals surface area contributed by atoms with Gasteiger partial charge >= 0.3 is 0 Å². The smallest absolute Gasteiger partial charge is 0.125 e. The van der Waals surface area contributed by atoms with E-state index < -0.39 is 6.17 Å². The highest BCUT2D eigenvalue weighted by Gasteiger charge is 2.18. The molecule has 0 radical (unpaired) electrons. The van der Waals surface area contributed by atoms with Crippen molar-refractivity contribution in [3.8, 4) is 0 Å². The summed E-state index contributed by atoms with van der Waals surface area (Å²) in [6.07, 6.45) is 2.48. The first-order valence-corrected chi connectivity index (χ1v) is 5.32. The number of anilines is 2. The molecule has 1 aromatic heterocycles. The molecule has 15 heavy (non-hydrogen) atoms. The molecular weight excluding hydrogens is 193 g/mol. The number of halogens is 1. The normalized spacial score (nSPS) is 17.9. The molecule has 0 atom stereocenters. The Morgan fingerprint density at radius 2 is 2.13 bits per heavy atom. The van der Waals surface area contributed by atoms with Crippen molar-refractivity contribution in [3.05, 3.63) is 18.3 Å². The number of hydrogen-bond donors (Lipinski definition) is 1. The van der Waals surface area contributed by atoms with Gasteiger partial charge in [-0.15, -0.1) is 0 Å². The van der Waals surface area contributed by atoms with E-state index in [4.69, 9.17) is 0 Å². The first-order valence-electron chi connectivity index (χ1n) is 5.32. The van der Waals surface area contributed by atoms with Crippen molar-refractivity contribution in [3.63, 3.8) is 0 Å². The van der Waals surface area contributed by atoms with Crippen LogP contribution in [-0.4, -0.2) is 31.3 Å². The third-order valence-corrected chi connectivity index (χ3v) is 2.79. The van der Waals surface area contributed by atoms with Crippen molar-refractivity contribution in [2.24, 2.45) is 0 Å². The van der Waals surface area contributed by atoms with Crippen LogP contribution in [-0.2, 0) is 0 Å². The van der Waals surface area contributed by atoms with E-state index in [-0.39, 0.29) is 0 Å². The Labute approximate surface area is 89.3 Å². The van der Waals surface area contributed by atoms with Gasteiger partial charge in [0.25, 0.3) is 0 Å². The first-order chi connectivity index (χ1) is 7.29. The zero-order chi connectivity index (χ0) is 10.7. The number of nitrogens with one attached hydrogen (secondary N) is 1. The third-order valence-electron chi connectivity index (χ3n) is 2.79. The molecule has 2 rings (SSSR count). The first kappa shape index (κ1) is 10.2. The molecule has 1 saturated heterocycles. The van der Waals surface area contributed by atoms with Crippen molar-refractivity contribution in [1.29, 1.82) is 0 Å². The van der Waals surface area contributed by atoms with Crippen molar-refractivity contribution in [1.82, 2.24) is 4.98 Å². The lowest BCUT2D eigenvalue weighted by molar-refractivity contribution is 0.277. The predicted octanol–water partition coefficient (Wildman–Crippen LogP) is 2.06. The second-order valence-corrected chi connectivity index (χ2v) is 3.81. The van der Waals surface area contributed by atoms with Crippen LogP contribution in [0, 0.1) is 0 Å². The maximum atomic E-state index is 12.9. The fraction of sp³-hybridized carbons (Fsp3) is 0.545. The SMILES string of the molecule is CNc1ccc(N2CCC(F)CC2)cn1. The zero-order valence-electron chi connectivity index (χ0n) is 8.91. The molecule has 4 heteroatoms. The second-order valence-electron chi connectivity index (χ2n) is 3.81. The van der Waals surface area contributed by atoms with Crippen LogP contribution in [0.15, 0.2) is 18.3 Å². The van der Waals surface area contributed by atoms with Gasteiger partial charge in [-0.2, -0.15) is 0 Å². The molecule has 0 aliphatic carbocycles. The standard InChI is InChI=1S/C11H16FN3/c1-13-11-3-2-10(8-14-11)15-6-4-9(12)5-7-15/h2-3,8-9H,4-7H2,1H3,(H,13,14). The van der Waals surface area contributed by atoms with Gasteiger partial charge in [0, 0.05) is 20.1 Å². The van der Waals surface area contributed by atoms with E-state index in [2.05, 4.69) is 15.2 Å². The van der Waals surface area contributed by atoms with Crippen LogP contribution in [0.2, 0.25) is 0 Å². The van der Waals surface area contributed by atoms with E-state index in [0.717, 1.165) is 24.6 Å². The highest BCUT2D eigenvalue weighted by Crippen LogP contribution is 2.21. The number of nitrogens with zero attached hydrogens (tertiary/aromatic N) is 2. The molecular formula is C11H16FN3. The van der Waals surface area contributed by atoms with Gasteiger partial charge in [-0.05, 0) is 25.0 Å². The minimum absolute atomic E-state index is 0.620. The molecule has 1 fully saturated rings. The van der Waals surface area contributed by atoms with Crippen molar-refractivity contribution >= 4 is 11.5 Å². The van der Waals surface area contributed by atoms with Crippen molar-refractivity contribution in [2.75, 3.05) is 30.4 Å². The summed E-state index contributed by atoms with van der Waals surface area (Å²) < 4.78 is 12.9. The molecule has 1 N–H and O–H groups in total. The number of rotatable bonds is 2. The Balaban J connectivity index is 2.03. The van der Waals surface area contributed by atoms with Crippen molar-refractivity contribution in [2.45, 2.75) is 19.0 Å². The van der Waals surface area contributed by atoms with Gasteiger partial charge in [0.15, 0.2) is 0 Å². The minimum atomic E-state index is -0.620. The fourth-order valence-corrected chi connectivity index (χ4v) is 1.83. The molecule has 3 nitrogen and oxygen atoms in total. The molecule has 1 aliphatic rings. The van der Waals surface area contributed by atoms with E-state index in [0.29, 0.717) is 12.8 Å². The Morgan fingerprint density at radius 1 is 1.40 bits per heavy atom. The summed E-state index contributed by atoms with van der Waals surface area (Å²) in [6.45, 7) is 1.59. The van der Waals surface area contributed by atoms with Gasteiger partial charge in [-0.25, -0.2) is 9.37 Å². The lowest BCUT2D eigenvalue weighted by Crippen LogP contribution is -2.34. The van der Waals surface area contributed by atoms with Crippen LogP contribution in [0.25, 0.3) is 0 Å². The molecule has 82 valence electrons. The summed E-state index contributed by atoms with van der Waals surface area (Å²) in [5, 5.41) is 2.97. The van der Waals surface area contributed by atoms with Crippen LogP contribution in [0.5, 0.6) is 0 Å². The van der Waals surface area contributed by atoms with Gasteiger partial charge in [0.1, 0.15) is 12.0 Å². The molecule has 0 saturated carbocycles. The van der Waals surface area contributed by atoms with Gasteiger partial charge in [0.2, 0.25) is 0 Å². The summed E-state index contributed by atoms with van der Waals surface area (Å²) in [7, 11) is 1.84. The van der Waals surface area contributed by atoms with E-state index in [1.165, 1.54) is 0 Å². The number of alkyl halides is 1. The van der Waals surface area contributed by atoms with Crippen LogP contribution < -0.4 is 10.2 Å². The van der Waals surface area contributed by atoms with Gasteiger partial charge < -0.3 is 10.2 Å². The Bertz CT molecular complexity index is 304. The van der Waals surface area contributed by atoms with Gasteiger partial charge in [0.05, 0.1) is 11.9 Å². The topological polar surface area (TPSA) is 28.2 Å². The summed E-state index contributed by atoms with van der Waals surface area (Å²) in [4.78, 5) is 6.43. The molecule has 0 bridgehead atoms. The predicted molar refractivity (Wildman–Crippen MR) is 60.1 cm³/mol. The van der Waals surface area contributed by atoms with Crippen LogP contribution in [0.4, 0.5) is 15.9 Å². The molecule has 0 aromatic carbocycles. The van der Waals surface area contributed by atoms with E-state index in [9.17, 15) is 4.39 Å². The average Bonchev–Trinajstić information content (AvgIpc) is 2.30. The van der Waals surface area contributed by atoms with E-state index >= 15 is 0 Å². The number of piperidine rings is 1. The molecule has 1 aromatic rings. The van der Waals surface area contributed by atoms with Gasteiger partial charge in [-0.3, -0.25) is 0 Å². The summed E-state index contributed by atoms with van der Waals surface area (Å²) >= 11 is 0. The average molecular weight is 209 g/mol. The van der Waals surface area contributed by atoms with Crippen LogP contribution >= 0.6 is 0 Å². The number of aromatic nitrogens is 1. The maximum Gasteiger partial charge on any atom is 0.125 e. The summed E-state index contributed by atoms with van der Waals surface area (Å²) in [5.74, 6) is 0.860. The van der Waals surface area contributed by atoms with E-state index in [1.807, 2.05) is 25.4 Å².